The molecule has 6 nitrogen and oxygen atoms in total. The van der Waals surface area contributed by atoms with Crippen molar-refractivity contribution in [2.45, 2.75) is 38.1 Å². The smallest absolute Gasteiger partial charge is 0.276 e. The van der Waals surface area contributed by atoms with Crippen LogP contribution in [-0.2, 0) is 0 Å². The van der Waals surface area contributed by atoms with Crippen molar-refractivity contribution in [1.29, 1.82) is 0 Å². The molecule has 1 aromatic heterocycles. The number of carbonyl (C=O) groups excluding carboxylic acids is 1. The van der Waals surface area contributed by atoms with Crippen LogP contribution in [0.3, 0.4) is 0 Å². The maximum atomic E-state index is 12.3. The van der Waals surface area contributed by atoms with Gasteiger partial charge in [-0.1, -0.05) is 5.21 Å². The zero-order valence-electron chi connectivity index (χ0n) is 11.2. The van der Waals surface area contributed by atoms with Crippen LogP contribution in [0.1, 0.15) is 48.6 Å². The van der Waals surface area contributed by atoms with Gasteiger partial charge in [0.25, 0.3) is 5.91 Å². The number of nitrogens with one attached hydrogen (secondary N) is 1. The normalized spacial score (nSPS) is 21.6. The first-order valence-corrected chi connectivity index (χ1v) is 7.26. The Bertz CT molecular complexity index is 432. The standard InChI is InChI=1S/C13H21N5O/c19-13(17-8-2-1-3-9-17)12-10-18(16-15-12)11-4-6-14-7-5-11/h10-11,14H,1-9H2. The molecular formula is C13H21N5O. The van der Waals surface area contributed by atoms with Crippen LogP contribution < -0.4 is 5.32 Å². The van der Waals surface area contributed by atoms with Gasteiger partial charge in [-0.2, -0.15) is 0 Å². The first-order valence-electron chi connectivity index (χ1n) is 7.26. The molecule has 19 heavy (non-hydrogen) atoms. The first kappa shape index (κ1) is 12.6. The van der Waals surface area contributed by atoms with Crippen LogP contribution in [0.15, 0.2) is 6.20 Å². The van der Waals surface area contributed by atoms with Crippen molar-refractivity contribution in [3.63, 3.8) is 0 Å². The minimum absolute atomic E-state index is 0.0416. The van der Waals surface area contributed by atoms with E-state index in [1.165, 1.54) is 6.42 Å². The zero-order chi connectivity index (χ0) is 13.1. The number of aromatic nitrogens is 3. The van der Waals surface area contributed by atoms with Gasteiger partial charge in [0, 0.05) is 13.1 Å². The highest BCUT2D eigenvalue weighted by molar-refractivity contribution is 5.91. The summed E-state index contributed by atoms with van der Waals surface area (Å²) in [5, 5.41) is 11.5. The second kappa shape index (κ2) is 5.69. The maximum absolute atomic E-state index is 12.3. The summed E-state index contributed by atoms with van der Waals surface area (Å²) >= 11 is 0. The van der Waals surface area contributed by atoms with Gasteiger partial charge in [-0.05, 0) is 45.2 Å². The van der Waals surface area contributed by atoms with Crippen LogP contribution >= 0.6 is 0 Å². The molecule has 0 spiro atoms. The number of piperidine rings is 2. The SMILES string of the molecule is O=C(c1cn(C2CCNCC2)nn1)N1CCCCC1. The summed E-state index contributed by atoms with van der Waals surface area (Å²) < 4.78 is 1.87. The van der Waals surface area contributed by atoms with E-state index in [1.54, 1.807) is 0 Å². The molecule has 0 unspecified atom stereocenters. The van der Waals surface area contributed by atoms with Gasteiger partial charge in [0.1, 0.15) is 0 Å². The molecule has 0 atom stereocenters. The summed E-state index contributed by atoms with van der Waals surface area (Å²) in [4.78, 5) is 14.2. The van der Waals surface area contributed by atoms with Crippen molar-refractivity contribution in [1.82, 2.24) is 25.2 Å². The quantitative estimate of drug-likeness (QED) is 0.858. The summed E-state index contributed by atoms with van der Waals surface area (Å²) in [6, 6.07) is 0.386. The fourth-order valence-corrected chi connectivity index (χ4v) is 2.88. The summed E-state index contributed by atoms with van der Waals surface area (Å²) in [7, 11) is 0. The summed E-state index contributed by atoms with van der Waals surface area (Å²) in [5.41, 5.74) is 0.500. The molecule has 0 saturated carbocycles. The van der Waals surface area contributed by atoms with Crippen LogP contribution in [0.25, 0.3) is 0 Å². The Labute approximate surface area is 113 Å². The number of rotatable bonds is 2. The van der Waals surface area contributed by atoms with Crippen LogP contribution in [0.2, 0.25) is 0 Å². The second-order valence-electron chi connectivity index (χ2n) is 5.42. The predicted octanol–water partition coefficient (Wildman–Crippen LogP) is 0.829. The van der Waals surface area contributed by atoms with E-state index in [4.69, 9.17) is 0 Å². The molecule has 2 saturated heterocycles. The van der Waals surface area contributed by atoms with Crippen molar-refractivity contribution in [3.05, 3.63) is 11.9 Å². The Hall–Kier alpha value is -1.43. The zero-order valence-corrected chi connectivity index (χ0v) is 11.2. The summed E-state index contributed by atoms with van der Waals surface area (Å²) in [6.45, 7) is 3.75. The first-order chi connectivity index (χ1) is 9.34. The molecule has 104 valence electrons. The summed E-state index contributed by atoms with van der Waals surface area (Å²) in [5.74, 6) is 0.0416. The highest BCUT2D eigenvalue weighted by atomic mass is 16.2. The molecular weight excluding hydrogens is 242 g/mol. The van der Waals surface area contributed by atoms with Gasteiger partial charge in [-0.3, -0.25) is 4.79 Å². The number of carbonyl (C=O) groups is 1. The number of likely N-dealkylation sites (tertiary alicyclic amines) is 1. The Balaban J connectivity index is 1.67. The van der Waals surface area contributed by atoms with Crippen LogP contribution in [0.4, 0.5) is 0 Å². The monoisotopic (exact) mass is 263 g/mol. The van der Waals surface area contributed by atoms with E-state index in [9.17, 15) is 4.79 Å². The van der Waals surface area contributed by atoms with E-state index in [1.807, 2.05) is 15.8 Å². The van der Waals surface area contributed by atoms with Crippen LogP contribution in [0.5, 0.6) is 0 Å². The van der Waals surface area contributed by atoms with Crippen LogP contribution in [-0.4, -0.2) is 52.0 Å². The van der Waals surface area contributed by atoms with E-state index in [0.717, 1.165) is 51.9 Å². The lowest BCUT2D eigenvalue weighted by molar-refractivity contribution is 0.0718. The molecule has 2 aliphatic heterocycles. The molecule has 1 amide bonds. The number of hydrogen-bond acceptors (Lipinski definition) is 4. The fourth-order valence-electron chi connectivity index (χ4n) is 2.88. The van der Waals surface area contributed by atoms with E-state index >= 15 is 0 Å². The predicted molar refractivity (Wildman–Crippen MR) is 70.9 cm³/mol. The van der Waals surface area contributed by atoms with E-state index < -0.39 is 0 Å². The van der Waals surface area contributed by atoms with Gasteiger partial charge in [0.2, 0.25) is 0 Å². The largest absolute Gasteiger partial charge is 0.337 e. The topological polar surface area (TPSA) is 63.1 Å². The van der Waals surface area contributed by atoms with Crippen molar-refractivity contribution >= 4 is 5.91 Å². The average Bonchev–Trinajstić information content (AvgIpc) is 2.98. The highest BCUT2D eigenvalue weighted by Gasteiger charge is 2.23. The van der Waals surface area contributed by atoms with Gasteiger partial charge >= 0.3 is 0 Å². The minimum atomic E-state index is 0.0416. The lowest BCUT2D eigenvalue weighted by atomic mass is 10.1. The molecule has 0 bridgehead atoms. The number of amides is 1. The fraction of sp³-hybridized carbons (Fsp3) is 0.769. The van der Waals surface area contributed by atoms with Gasteiger partial charge in [-0.25, -0.2) is 4.68 Å². The molecule has 3 heterocycles. The van der Waals surface area contributed by atoms with Crippen molar-refractivity contribution < 1.29 is 4.79 Å². The van der Waals surface area contributed by atoms with Crippen molar-refractivity contribution in [3.8, 4) is 0 Å². The third kappa shape index (κ3) is 2.78. The van der Waals surface area contributed by atoms with E-state index in [-0.39, 0.29) is 5.91 Å². The molecule has 3 rings (SSSR count). The Morgan fingerprint density at radius 2 is 1.95 bits per heavy atom. The molecule has 6 heteroatoms. The second-order valence-corrected chi connectivity index (χ2v) is 5.42. The van der Waals surface area contributed by atoms with Crippen molar-refractivity contribution in [2.24, 2.45) is 0 Å². The van der Waals surface area contributed by atoms with Crippen LogP contribution in [0, 0.1) is 0 Å². The number of nitrogens with zero attached hydrogens (tertiary/aromatic N) is 4. The Kier molecular flexibility index (Phi) is 3.77. The summed E-state index contributed by atoms with van der Waals surface area (Å²) in [6.07, 6.45) is 7.38. The molecule has 0 aromatic carbocycles. The Morgan fingerprint density at radius 1 is 1.21 bits per heavy atom. The molecule has 2 fully saturated rings. The molecule has 1 aromatic rings. The Morgan fingerprint density at radius 3 is 2.68 bits per heavy atom. The highest BCUT2D eigenvalue weighted by Crippen LogP contribution is 2.18. The third-order valence-electron chi connectivity index (χ3n) is 4.06. The maximum Gasteiger partial charge on any atom is 0.276 e. The molecule has 2 aliphatic rings. The van der Waals surface area contributed by atoms with E-state index in [0.29, 0.717) is 11.7 Å². The lowest BCUT2D eigenvalue weighted by Crippen LogP contribution is -2.35. The molecule has 0 radical (unpaired) electrons. The number of hydrogen-bond donors (Lipinski definition) is 1. The average molecular weight is 263 g/mol. The minimum Gasteiger partial charge on any atom is -0.337 e. The molecule has 1 N–H and O–H groups in total. The van der Waals surface area contributed by atoms with Gasteiger partial charge in [0.05, 0.1) is 12.2 Å². The van der Waals surface area contributed by atoms with Crippen molar-refractivity contribution in [2.75, 3.05) is 26.2 Å². The molecule has 0 aliphatic carbocycles. The lowest BCUT2D eigenvalue weighted by Gasteiger charge is -2.25. The van der Waals surface area contributed by atoms with Gasteiger partial charge < -0.3 is 10.2 Å². The van der Waals surface area contributed by atoms with Gasteiger partial charge in [-0.15, -0.1) is 5.10 Å². The van der Waals surface area contributed by atoms with Gasteiger partial charge in [0.15, 0.2) is 5.69 Å². The third-order valence-corrected chi connectivity index (χ3v) is 4.06. The van der Waals surface area contributed by atoms with E-state index in [2.05, 4.69) is 15.6 Å².